The first-order chi connectivity index (χ1) is 9.20. The fourth-order valence-corrected chi connectivity index (χ4v) is 2.16. The van der Waals surface area contributed by atoms with Crippen LogP contribution in [0.5, 0.6) is 5.75 Å². The lowest BCUT2D eigenvalue weighted by molar-refractivity contribution is 0.301. The molecule has 1 aromatic carbocycles. The number of rotatable bonds is 6. The fraction of sp³-hybridized carbons (Fsp3) is 0.333. The van der Waals surface area contributed by atoms with E-state index in [1.54, 1.807) is 0 Å². The van der Waals surface area contributed by atoms with Crippen LogP contribution in [0.25, 0.3) is 0 Å². The summed E-state index contributed by atoms with van der Waals surface area (Å²) < 4.78 is 22.4. The number of aromatic nitrogens is 2. The first-order valence-corrected chi connectivity index (χ1v) is 6.98. The molecule has 0 aliphatic carbocycles. The number of halogens is 2. The van der Waals surface area contributed by atoms with Crippen molar-refractivity contribution in [3.8, 4) is 5.75 Å². The molecule has 0 aliphatic rings. The van der Waals surface area contributed by atoms with Gasteiger partial charge in [0.1, 0.15) is 28.9 Å². The molecule has 0 aliphatic heterocycles. The third-order valence-corrected chi connectivity index (χ3v) is 3.37. The van der Waals surface area contributed by atoms with E-state index >= 15 is 0 Å². The lowest BCUT2D eigenvalue weighted by Gasteiger charge is -2.07. The molecule has 1 heterocycles. The van der Waals surface area contributed by atoms with Crippen molar-refractivity contribution in [1.29, 1.82) is 0 Å². The monoisotopic (exact) mass is 301 g/mol. The summed E-state index contributed by atoms with van der Waals surface area (Å²) in [7, 11) is 0. The van der Waals surface area contributed by atoms with E-state index in [0.717, 1.165) is 23.7 Å². The third-order valence-electron chi connectivity index (χ3n) is 2.36. The molecule has 1 aromatic heterocycles. The van der Waals surface area contributed by atoms with E-state index in [9.17, 15) is 4.39 Å². The molecule has 0 spiro atoms. The molecule has 0 saturated carbocycles. The Morgan fingerprint density at radius 1 is 1.47 bits per heavy atom. The van der Waals surface area contributed by atoms with E-state index < -0.39 is 5.82 Å². The number of nitrogens with zero attached hydrogens (tertiary/aromatic N) is 2. The van der Waals surface area contributed by atoms with Gasteiger partial charge >= 0.3 is 0 Å². The quantitative estimate of drug-likeness (QED) is 0.883. The zero-order valence-corrected chi connectivity index (χ0v) is 11.9. The van der Waals surface area contributed by atoms with E-state index in [1.165, 1.54) is 29.7 Å². The molecule has 102 valence electrons. The van der Waals surface area contributed by atoms with E-state index in [4.69, 9.17) is 16.3 Å². The molecule has 2 aromatic rings. The molecule has 0 saturated heterocycles. The van der Waals surface area contributed by atoms with Crippen LogP contribution in [0.4, 0.5) is 9.39 Å². The largest absolute Gasteiger partial charge is 0.487 e. The second-order valence-corrected chi connectivity index (χ2v) is 5.00. The second kappa shape index (κ2) is 6.68. The zero-order chi connectivity index (χ0) is 13.7. The van der Waals surface area contributed by atoms with Crippen LogP contribution in [0.1, 0.15) is 19.0 Å². The van der Waals surface area contributed by atoms with E-state index in [0.29, 0.717) is 5.75 Å². The first kappa shape index (κ1) is 14.0. The Morgan fingerprint density at radius 3 is 3.05 bits per heavy atom. The van der Waals surface area contributed by atoms with Crippen molar-refractivity contribution in [2.45, 2.75) is 20.0 Å². The molecular formula is C12H13ClFN3OS. The summed E-state index contributed by atoms with van der Waals surface area (Å²) in [5.41, 5.74) is 0.735. The van der Waals surface area contributed by atoms with Crippen molar-refractivity contribution in [3.05, 3.63) is 34.7 Å². The third kappa shape index (κ3) is 3.78. The summed E-state index contributed by atoms with van der Waals surface area (Å²) in [4.78, 5) is 0. The average molecular weight is 302 g/mol. The van der Waals surface area contributed by atoms with Crippen molar-refractivity contribution >= 4 is 28.1 Å². The molecule has 0 atom stereocenters. The maximum absolute atomic E-state index is 13.0. The van der Waals surface area contributed by atoms with Gasteiger partial charge in [0.15, 0.2) is 0 Å². The minimum atomic E-state index is -0.463. The van der Waals surface area contributed by atoms with Crippen molar-refractivity contribution in [3.63, 3.8) is 0 Å². The van der Waals surface area contributed by atoms with Crippen molar-refractivity contribution in [2.75, 3.05) is 11.9 Å². The predicted molar refractivity (Wildman–Crippen MR) is 74.4 cm³/mol. The minimum Gasteiger partial charge on any atom is -0.487 e. The van der Waals surface area contributed by atoms with Gasteiger partial charge in [-0.1, -0.05) is 23.0 Å². The smallest absolute Gasteiger partial charge is 0.142 e. The van der Waals surface area contributed by atoms with Gasteiger partial charge < -0.3 is 10.1 Å². The molecule has 2 rings (SSSR count). The van der Waals surface area contributed by atoms with E-state index in [-0.39, 0.29) is 11.6 Å². The molecule has 0 bridgehead atoms. The van der Waals surface area contributed by atoms with Crippen LogP contribution >= 0.6 is 23.1 Å². The highest BCUT2D eigenvalue weighted by Crippen LogP contribution is 2.23. The Kier molecular flexibility index (Phi) is 4.93. The summed E-state index contributed by atoms with van der Waals surface area (Å²) in [5, 5.41) is 8.16. The molecule has 1 N–H and O–H groups in total. The first-order valence-electron chi connectivity index (χ1n) is 5.83. The van der Waals surface area contributed by atoms with Gasteiger partial charge in [-0.05, 0) is 18.6 Å². The predicted octanol–water partition coefficient (Wildman–Crippen LogP) is 3.73. The fourth-order valence-electron chi connectivity index (χ4n) is 1.39. The van der Waals surface area contributed by atoms with Crippen LogP contribution in [-0.2, 0) is 6.61 Å². The van der Waals surface area contributed by atoms with Crippen LogP contribution in [-0.4, -0.2) is 16.1 Å². The van der Waals surface area contributed by atoms with Gasteiger partial charge in [-0.2, -0.15) is 0 Å². The molecule has 0 unspecified atom stereocenters. The highest BCUT2D eigenvalue weighted by Gasteiger charge is 2.09. The average Bonchev–Trinajstić information content (AvgIpc) is 2.85. The van der Waals surface area contributed by atoms with Gasteiger partial charge in [0, 0.05) is 24.1 Å². The summed E-state index contributed by atoms with van der Waals surface area (Å²) in [6.07, 6.45) is 1.02. The van der Waals surface area contributed by atoms with Gasteiger partial charge in [0.2, 0.25) is 0 Å². The van der Waals surface area contributed by atoms with Crippen molar-refractivity contribution in [1.82, 2.24) is 9.59 Å². The maximum atomic E-state index is 13.0. The minimum absolute atomic E-state index is 0.0400. The topological polar surface area (TPSA) is 47.0 Å². The molecule has 0 fully saturated rings. The summed E-state index contributed by atoms with van der Waals surface area (Å²) in [6, 6.07) is 4.24. The summed E-state index contributed by atoms with van der Waals surface area (Å²) >= 11 is 6.97. The number of ether oxygens (including phenoxy) is 1. The van der Waals surface area contributed by atoms with Gasteiger partial charge in [0.25, 0.3) is 0 Å². The molecular weight excluding hydrogens is 289 g/mol. The lowest BCUT2D eigenvalue weighted by Crippen LogP contribution is -2.03. The number of hydrogen-bond donors (Lipinski definition) is 1. The van der Waals surface area contributed by atoms with Crippen LogP contribution in [0.2, 0.25) is 5.02 Å². The van der Waals surface area contributed by atoms with E-state index in [1.807, 2.05) is 0 Å². The molecule has 0 radical (unpaired) electrons. The molecule has 19 heavy (non-hydrogen) atoms. The number of benzene rings is 1. The highest BCUT2D eigenvalue weighted by atomic mass is 35.5. The van der Waals surface area contributed by atoms with Crippen molar-refractivity contribution in [2.24, 2.45) is 0 Å². The van der Waals surface area contributed by atoms with Crippen LogP contribution < -0.4 is 10.1 Å². The second-order valence-electron chi connectivity index (χ2n) is 3.84. The Hall–Kier alpha value is -1.40. The zero-order valence-electron chi connectivity index (χ0n) is 10.3. The lowest BCUT2D eigenvalue weighted by atomic mass is 10.3. The Balaban J connectivity index is 1.98. The maximum Gasteiger partial charge on any atom is 0.142 e. The molecule has 4 nitrogen and oxygen atoms in total. The summed E-state index contributed by atoms with van der Waals surface area (Å²) in [6.45, 7) is 3.21. The van der Waals surface area contributed by atoms with Gasteiger partial charge in [-0.15, -0.1) is 5.10 Å². The molecule has 0 amide bonds. The Morgan fingerprint density at radius 2 is 2.32 bits per heavy atom. The summed E-state index contributed by atoms with van der Waals surface area (Å²) in [5.74, 6) is 0.0375. The van der Waals surface area contributed by atoms with Gasteiger partial charge in [-0.25, -0.2) is 4.39 Å². The van der Waals surface area contributed by atoms with Crippen LogP contribution in [0.15, 0.2) is 18.2 Å². The number of anilines is 1. The number of hydrogen-bond acceptors (Lipinski definition) is 5. The number of nitrogens with one attached hydrogen (secondary N) is 1. The molecule has 7 heteroatoms. The highest BCUT2D eigenvalue weighted by molar-refractivity contribution is 7.10. The van der Waals surface area contributed by atoms with E-state index in [2.05, 4.69) is 21.8 Å². The van der Waals surface area contributed by atoms with Crippen molar-refractivity contribution < 1.29 is 9.13 Å². The standard InChI is InChI=1S/C12H13ClFN3OS/c1-2-5-15-12-11(16-17-19-12)7-18-8-3-4-10(14)9(13)6-8/h3-4,6,15H,2,5,7H2,1H3. The Labute approximate surface area is 119 Å². The van der Waals surface area contributed by atoms with Gasteiger partial charge in [0.05, 0.1) is 5.02 Å². The van der Waals surface area contributed by atoms with Gasteiger partial charge in [-0.3, -0.25) is 0 Å². The Bertz CT molecular complexity index is 550. The SMILES string of the molecule is CCCNc1snnc1COc1ccc(F)c(Cl)c1. The van der Waals surface area contributed by atoms with Crippen LogP contribution in [0, 0.1) is 5.82 Å². The normalized spacial score (nSPS) is 10.5. The van der Waals surface area contributed by atoms with Crippen LogP contribution in [0.3, 0.4) is 0 Å².